The number of aromatic amines is 1. The summed E-state index contributed by atoms with van der Waals surface area (Å²) < 4.78 is 0. The van der Waals surface area contributed by atoms with Gasteiger partial charge in [-0.15, -0.1) is 5.10 Å². The fraction of sp³-hybridized carbons (Fsp3) is 0.0500. The number of hydrogen-bond acceptors (Lipinski definition) is 8. The number of anilines is 3. The lowest BCUT2D eigenvalue weighted by Crippen LogP contribution is -2.06. The molecule has 0 aliphatic carbocycles. The molecule has 0 bridgehead atoms. The van der Waals surface area contributed by atoms with Crippen LogP contribution in [-0.2, 0) is 5.75 Å². The van der Waals surface area contributed by atoms with Crippen molar-refractivity contribution in [2.45, 2.75) is 10.9 Å². The molecule has 0 atom stereocenters. The Morgan fingerprint density at radius 2 is 1.66 bits per heavy atom. The molecule has 144 valence electrons. The van der Waals surface area contributed by atoms with Crippen molar-refractivity contribution in [2.24, 2.45) is 0 Å². The first-order valence-corrected chi connectivity index (χ1v) is 9.84. The Bertz CT molecular complexity index is 1100. The number of hydrogen-bond donors (Lipinski definition) is 3. The van der Waals surface area contributed by atoms with Gasteiger partial charge in [0.05, 0.1) is 5.75 Å². The minimum absolute atomic E-state index is 0.163. The van der Waals surface area contributed by atoms with E-state index in [9.17, 15) is 0 Å². The summed E-state index contributed by atoms with van der Waals surface area (Å²) in [7, 11) is 0. The first kappa shape index (κ1) is 18.6. The Morgan fingerprint density at radius 1 is 0.897 bits per heavy atom. The van der Waals surface area contributed by atoms with Crippen LogP contribution in [0, 0.1) is 0 Å². The molecule has 4 rings (SSSR count). The van der Waals surface area contributed by atoms with E-state index in [0.717, 1.165) is 11.3 Å². The van der Waals surface area contributed by atoms with Gasteiger partial charge in [0.15, 0.2) is 0 Å². The Balaban J connectivity index is 1.39. The molecule has 2 heterocycles. The summed E-state index contributed by atoms with van der Waals surface area (Å²) in [6.07, 6.45) is 3.86. The second-order valence-electron chi connectivity index (χ2n) is 5.96. The van der Waals surface area contributed by atoms with Crippen molar-refractivity contribution in [2.75, 3.05) is 11.1 Å². The lowest BCUT2D eigenvalue weighted by molar-refractivity contribution is 0.955. The molecule has 9 heteroatoms. The summed E-state index contributed by atoms with van der Waals surface area (Å²) in [6.45, 7) is 0. The Labute approximate surface area is 171 Å². The molecule has 2 aromatic carbocycles. The third-order valence-electron chi connectivity index (χ3n) is 3.77. The van der Waals surface area contributed by atoms with Crippen LogP contribution >= 0.6 is 11.8 Å². The number of nitrogens with one attached hydrogen (secondary N) is 2. The summed E-state index contributed by atoms with van der Waals surface area (Å²) >= 11 is 1.42. The van der Waals surface area contributed by atoms with E-state index in [1.54, 1.807) is 0 Å². The molecule has 0 radical (unpaired) electrons. The maximum Gasteiger partial charge on any atom is 0.232 e. The van der Waals surface area contributed by atoms with Crippen LogP contribution in [0.4, 0.5) is 17.6 Å². The highest BCUT2D eigenvalue weighted by molar-refractivity contribution is 7.98. The highest BCUT2D eigenvalue weighted by atomic mass is 32.2. The van der Waals surface area contributed by atoms with E-state index in [2.05, 4.69) is 35.5 Å². The number of aromatic nitrogens is 6. The number of thioether (sulfide) groups is 1. The minimum Gasteiger partial charge on any atom is -0.368 e. The van der Waals surface area contributed by atoms with Crippen molar-refractivity contribution in [1.82, 2.24) is 30.1 Å². The van der Waals surface area contributed by atoms with Gasteiger partial charge in [0.1, 0.15) is 11.6 Å². The first-order valence-electron chi connectivity index (χ1n) is 8.85. The summed E-state index contributed by atoms with van der Waals surface area (Å²) in [6, 6.07) is 19.6. The van der Waals surface area contributed by atoms with Gasteiger partial charge in [-0.1, -0.05) is 66.4 Å². The first-order chi connectivity index (χ1) is 14.2. The molecule has 0 aliphatic heterocycles. The monoisotopic (exact) mass is 402 g/mol. The summed E-state index contributed by atoms with van der Waals surface area (Å²) in [4.78, 5) is 17.2. The summed E-state index contributed by atoms with van der Waals surface area (Å²) in [5.41, 5.74) is 7.79. The van der Waals surface area contributed by atoms with Crippen LogP contribution < -0.4 is 11.1 Å². The van der Waals surface area contributed by atoms with Crippen LogP contribution in [0.1, 0.15) is 17.2 Å². The van der Waals surface area contributed by atoms with Crippen molar-refractivity contribution in [3.63, 3.8) is 0 Å². The average Bonchev–Trinajstić information content (AvgIpc) is 3.20. The van der Waals surface area contributed by atoms with E-state index in [0.29, 0.717) is 28.5 Å². The second-order valence-corrected chi connectivity index (χ2v) is 6.90. The lowest BCUT2D eigenvalue weighted by Gasteiger charge is -2.06. The van der Waals surface area contributed by atoms with Gasteiger partial charge in [-0.25, -0.2) is 4.98 Å². The van der Waals surface area contributed by atoms with Crippen LogP contribution in [0.3, 0.4) is 0 Å². The second kappa shape index (κ2) is 8.98. The predicted octanol–water partition coefficient (Wildman–Crippen LogP) is 3.78. The zero-order valence-corrected chi connectivity index (χ0v) is 16.2. The van der Waals surface area contributed by atoms with E-state index in [1.165, 1.54) is 11.8 Å². The minimum atomic E-state index is 0.163. The number of rotatable bonds is 7. The molecule has 4 aromatic rings. The van der Waals surface area contributed by atoms with Crippen LogP contribution in [0.2, 0.25) is 0 Å². The van der Waals surface area contributed by atoms with Crippen LogP contribution in [0.5, 0.6) is 0 Å². The lowest BCUT2D eigenvalue weighted by atomic mass is 10.2. The zero-order chi connectivity index (χ0) is 19.9. The van der Waals surface area contributed by atoms with Gasteiger partial charge in [-0.05, 0) is 23.8 Å². The third-order valence-corrected chi connectivity index (χ3v) is 4.62. The largest absolute Gasteiger partial charge is 0.368 e. The molecule has 0 amide bonds. The quantitative estimate of drug-likeness (QED) is 0.400. The molecule has 0 aliphatic rings. The van der Waals surface area contributed by atoms with E-state index < -0.39 is 0 Å². The van der Waals surface area contributed by atoms with Gasteiger partial charge in [-0.2, -0.15) is 15.0 Å². The molecule has 0 saturated carbocycles. The molecule has 0 saturated heterocycles. The predicted molar refractivity (Wildman–Crippen MR) is 115 cm³/mol. The van der Waals surface area contributed by atoms with Crippen molar-refractivity contribution in [3.8, 4) is 0 Å². The zero-order valence-electron chi connectivity index (χ0n) is 15.4. The Kier molecular flexibility index (Phi) is 5.77. The molecule has 8 nitrogen and oxygen atoms in total. The Hall–Kier alpha value is -3.72. The van der Waals surface area contributed by atoms with Gasteiger partial charge >= 0.3 is 0 Å². The van der Waals surface area contributed by atoms with Gasteiger partial charge < -0.3 is 11.1 Å². The fourth-order valence-corrected chi connectivity index (χ4v) is 3.14. The molecule has 0 unspecified atom stereocenters. The molecule has 29 heavy (non-hydrogen) atoms. The average molecular weight is 402 g/mol. The van der Waals surface area contributed by atoms with Crippen LogP contribution in [0.25, 0.3) is 12.2 Å². The molecular weight excluding hydrogens is 384 g/mol. The SMILES string of the molecule is Nc1nc(CSc2n[nH]c(/C=C/c3ccccc3)n2)nc(Nc2ccccc2)n1. The Morgan fingerprint density at radius 3 is 2.45 bits per heavy atom. The summed E-state index contributed by atoms with van der Waals surface area (Å²) in [5, 5.41) is 10.8. The number of nitrogens with zero attached hydrogens (tertiary/aromatic N) is 5. The van der Waals surface area contributed by atoms with Crippen molar-refractivity contribution < 1.29 is 0 Å². The standard InChI is InChI=1S/C20H18N8S/c21-18-23-17(24-19(26-18)22-15-9-5-2-6-10-15)13-29-20-25-16(27-28-20)12-11-14-7-3-1-4-8-14/h1-12H,13H2,(H,25,27,28)(H3,21,22,23,24,26)/b12-11+. The fourth-order valence-electron chi connectivity index (χ4n) is 2.47. The molecule has 0 spiro atoms. The maximum atomic E-state index is 5.82. The van der Waals surface area contributed by atoms with E-state index in [-0.39, 0.29) is 5.95 Å². The number of nitrogens with two attached hydrogens (primary N) is 1. The number of H-pyrrole nitrogens is 1. The van der Waals surface area contributed by atoms with Crippen molar-refractivity contribution in [1.29, 1.82) is 0 Å². The van der Waals surface area contributed by atoms with E-state index in [1.807, 2.05) is 72.8 Å². The van der Waals surface area contributed by atoms with E-state index in [4.69, 9.17) is 5.73 Å². The van der Waals surface area contributed by atoms with Crippen molar-refractivity contribution >= 4 is 41.5 Å². The smallest absolute Gasteiger partial charge is 0.232 e. The van der Waals surface area contributed by atoms with Gasteiger partial charge in [0.25, 0.3) is 0 Å². The van der Waals surface area contributed by atoms with Crippen molar-refractivity contribution in [3.05, 3.63) is 77.9 Å². The van der Waals surface area contributed by atoms with Gasteiger partial charge in [0, 0.05) is 5.69 Å². The van der Waals surface area contributed by atoms with Gasteiger partial charge in [0.2, 0.25) is 17.1 Å². The number of para-hydroxylation sites is 1. The topological polar surface area (TPSA) is 118 Å². The third kappa shape index (κ3) is 5.39. The molecule has 0 fully saturated rings. The van der Waals surface area contributed by atoms with Crippen LogP contribution in [0.15, 0.2) is 65.8 Å². The van der Waals surface area contributed by atoms with Crippen LogP contribution in [-0.4, -0.2) is 30.1 Å². The normalized spacial score (nSPS) is 11.0. The summed E-state index contributed by atoms with van der Waals surface area (Å²) in [5.74, 6) is 2.26. The van der Waals surface area contributed by atoms with E-state index >= 15 is 0 Å². The molecule has 2 aromatic heterocycles. The molecule has 4 N–H and O–H groups in total. The highest BCUT2D eigenvalue weighted by Gasteiger charge is 2.08. The van der Waals surface area contributed by atoms with Gasteiger partial charge in [-0.3, -0.25) is 5.10 Å². The maximum absolute atomic E-state index is 5.82. The number of benzene rings is 2. The molecular formula is C20H18N8S. The highest BCUT2D eigenvalue weighted by Crippen LogP contribution is 2.19. The number of nitrogen functional groups attached to an aromatic ring is 1.